The van der Waals surface area contributed by atoms with Crippen molar-refractivity contribution in [2.24, 2.45) is 0 Å². The maximum Gasteiger partial charge on any atom is 0.306 e. The molecule has 0 radical (unpaired) electrons. The molecule has 0 spiro atoms. The Labute approximate surface area is 371 Å². The molecule has 0 amide bonds. The van der Waals surface area contributed by atoms with Crippen molar-refractivity contribution >= 4 is 17.9 Å². The van der Waals surface area contributed by atoms with Crippen LogP contribution in [-0.4, -0.2) is 37.2 Å². The van der Waals surface area contributed by atoms with Gasteiger partial charge in [-0.1, -0.05) is 230 Å². The quantitative estimate of drug-likeness (QED) is 0.0263. The number of rotatable bonds is 46. The number of ether oxygens (including phenoxy) is 3. The highest BCUT2D eigenvalue weighted by Crippen LogP contribution is 2.16. The van der Waals surface area contributed by atoms with Gasteiger partial charge in [-0.05, 0) is 57.8 Å². The van der Waals surface area contributed by atoms with Crippen LogP contribution in [0.5, 0.6) is 0 Å². The van der Waals surface area contributed by atoms with E-state index in [1.807, 2.05) is 0 Å². The van der Waals surface area contributed by atoms with Gasteiger partial charge >= 0.3 is 17.9 Å². The maximum atomic E-state index is 12.8. The molecular weight excluding hydrogens is 745 g/mol. The number of hydrogen-bond acceptors (Lipinski definition) is 6. The fraction of sp³-hybridized carbons (Fsp3) is 0.796. The summed E-state index contributed by atoms with van der Waals surface area (Å²) < 4.78 is 16.7. The van der Waals surface area contributed by atoms with Gasteiger partial charge in [-0.25, -0.2) is 0 Å². The Hall–Kier alpha value is -2.63. The summed E-state index contributed by atoms with van der Waals surface area (Å²) in [4.78, 5) is 37.9. The Morgan fingerprint density at radius 2 is 0.650 bits per heavy atom. The van der Waals surface area contributed by atoms with Crippen molar-refractivity contribution in [1.82, 2.24) is 0 Å². The van der Waals surface area contributed by atoms with E-state index in [1.54, 1.807) is 0 Å². The van der Waals surface area contributed by atoms with Crippen molar-refractivity contribution in [2.75, 3.05) is 13.2 Å². The third-order valence-corrected chi connectivity index (χ3v) is 11.1. The summed E-state index contributed by atoms with van der Waals surface area (Å²) in [5.41, 5.74) is 0. The van der Waals surface area contributed by atoms with Crippen LogP contribution in [0.2, 0.25) is 0 Å². The summed E-state index contributed by atoms with van der Waals surface area (Å²) in [5.74, 6) is -0.920. The lowest BCUT2D eigenvalue weighted by Gasteiger charge is -2.18. The van der Waals surface area contributed by atoms with Crippen LogP contribution in [0.3, 0.4) is 0 Å². The zero-order valence-electron chi connectivity index (χ0n) is 39.7. The summed E-state index contributed by atoms with van der Waals surface area (Å²) in [7, 11) is 0. The number of esters is 3. The minimum atomic E-state index is -0.789. The first kappa shape index (κ1) is 57.4. The van der Waals surface area contributed by atoms with Crippen molar-refractivity contribution in [3.05, 3.63) is 48.6 Å². The first-order chi connectivity index (χ1) is 29.5. The van der Waals surface area contributed by atoms with Crippen LogP contribution in [0, 0.1) is 0 Å². The molecule has 0 aliphatic rings. The highest BCUT2D eigenvalue weighted by molar-refractivity contribution is 5.71. The van der Waals surface area contributed by atoms with E-state index < -0.39 is 6.10 Å². The first-order valence-electron chi connectivity index (χ1n) is 25.6. The van der Waals surface area contributed by atoms with Crippen molar-refractivity contribution in [1.29, 1.82) is 0 Å². The average Bonchev–Trinajstić information content (AvgIpc) is 3.24. The van der Waals surface area contributed by atoms with E-state index in [1.165, 1.54) is 135 Å². The minimum Gasteiger partial charge on any atom is -0.462 e. The predicted octanol–water partition coefficient (Wildman–Crippen LogP) is 16.7. The fourth-order valence-corrected chi connectivity index (χ4v) is 7.26. The molecule has 1 atom stereocenters. The Kier molecular flexibility index (Phi) is 46.9. The Morgan fingerprint density at radius 3 is 1.02 bits per heavy atom. The van der Waals surface area contributed by atoms with Gasteiger partial charge in [-0.15, -0.1) is 0 Å². The zero-order chi connectivity index (χ0) is 43.7. The Bertz CT molecular complexity index is 1060. The highest BCUT2D eigenvalue weighted by Gasteiger charge is 2.19. The number of allylic oxidation sites excluding steroid dienone is 8. The molecule has 1 unspecified atom stereocenters. The van der Waals surface area contributed by atoms with Gasteiger partial charge in [0.2, 0.25) is 0 Å². The van der Waals surface area contributed by atoms with Gasteiger partial charge in [-0.2, -0.15) is 0 Å². The number of unbranched alkanes of at least 4 members (excludes halogenated alkanes) is 27. The molecule has 0 aromatic carbocycles. The lowest BCUT2D eigenvalue weighted by molar-refractivity contribution is -0.167. The van der Waals surface area contributed by atoms with E-state index in [0.29, 0.717) is 19.3 Å². The van der Waals surface area contributed by atoms with Crippen molar-refractivity contribution < 1.29 is 28.6 Å². The summed E-state index contributed by atoms with van der Waals surface area (Å²) in [5, 5.41) is 0. The van der Waals surface area contributed by atoms with Crippen molar-refractivity contribution in [2.45, 2.75) is 264 Å². The Morgan fingerprint density at radius 1 is 0.350 bits per heavy atom. The number of hydrogen-bond donors (Lipinski definition) is 0. The molecule has 0 aromatic heterocycles. The number of carbonyl (C=O) groups excluding carboxylic acids is 3. The molecule has 0 aromatic rings. The largest absolute Gasteiger partial charge is 0.462 e. The highest BCUT2D eigenvalue weighted by atomic mass is 16.6. The molecule has 0 saturated carbocycles. The lowest BCUT2D eigenvalue weighted by Crippen LogP contribution is -2.30. The summed E-state index contributed by atoms with van der Waals surface area (Å²) in [6.07, 6.45) is 58.1. The van der Waals surface area contributed by atoms with E-state index in [4.69, 9.17) is 14.2 Å². The zero-order valence-corrected chi connectivity index (χ0v) is 39.7. The standard InChI is InChI=1S/C54H96O6/c1-4-7-10-13-16-19-22-24-26-28-29-32-35-38-41-44-47-53(56)59-50-51(49-58-52(55)46-43-40-37-34-31-21-18-15-12-9-6-3)60-54(57)48-45-42-39-36-33-30-27-25-23-20-17-14-11-8-5-2/h8,11,17,20,25,27,33,36,51H,4-7,9-10,12-16,18-19,21-24,26,28-32,34-35,37-50H2,1-3H3/b11-8-,20-17-,27-25-,36-33-. The van der Waals surface area contributed by atoms with Crippen molar-refractivity contribution in [3.8, 4) is 0 Å². The van der Waals surface area contributed by atoms with Gasteiger partial charge < -0.3 is 14.2 Å². The molecule has 0 bridgehead atoms. The van der Waals surface area contributed by atoms with Gasteiger partial charge in [0.05, 0.1) is 0 Å². The number of carbonyl (C=O) groups is 3. The van der Waals surface area contributed by atoms with Crippen LogP contribution in [-0.2, 0) is 28.6 Å². The van der Waals surface area contributed by atoms with Crippen LogP contribution in [0.15, 0.2) is 48.6 Å². The van der Waals surface area contributed by atoms with E-state index in [9.17, 15) is 14.4 Å². The fourth-order valence-electron chi connectivity index (χ4n) is 7.26. The van der Waals surface area contributed by atoms with Crippen LogP contribution >= 0.6 is 0 Å². The predicted molar refractivity (Wildman–Crippen MR) is 256 cm³/mol. The van der Waals surface area contributed by atoms with Crippen molar-refractivity contribution in [3.63, 3.8) is 0 Å². The van der Waals surface area contributed by atoms with E-state index in [0.717, 1.165) is 77.0 Å². The Balaban J connectivity index is 4.40. The summed E-state index contributed by atoms with van der Waals surface area (Å²) >= 11 is 0. The molecule has 60 heavy (non-hydrogen) atoms. The van der Waals surface area contributed by atoms with Gasteiger partial charge in [0.25, 0.3) is 0 Å². The second kappa shape index (κ2) is 49.0. The average molecular weight is 841 g/mol. The monoisotopic (exact) mass is 841 g/mol. The SMILES string of the molecule is CC/C=C\C/C=C\C/C=C\C/C=C\CCCCC(=O)OC(COC(=O)CCCCCCCCCCCCC)COC(=O)CCCCCCCCCCCCCCCCCC. The maximum absolute atomic E-state index is 12.8. The van der Waals surface area contributed by atoms with Gasteiger partial charge in [0.15, 0.2) is 6.10 Å². The van der Waals surface area contributed by atoms with E-state index in [2.05, 4.69) is 69.4 Å². The van der Waals surface area contributed by atoms with Crippen LogP contribution < -0.4 is 0 Å². The van der Waals surface area contributed by atoms with E-state index >= 15 is 0 Å². The van der Waals surface area contributed by atoms with Crippen LogP contribution in [0.25, 0.3) is 0 Å². The van der Waals surface area contributed by atoms with Crippen LogP contribution in [0.4, 0.5) is 0 Å². The first-order valence-corrected chi connectivity index (χ1v) is 25.6. The molecule has 6 nitrogen and oxygen atoms in total. The van der Waals surface area contributed by atoms with Gasteiger partial charge in [0.1, 0.15) is 13.2 Å². The molecule has 348 valence electrons. The summed E-state index contributed by atoms with van der Waals surface area (Å²) in [6.45, 7) is 6.50. The third-order valence-electron chi connectivity index (χ3n) is 11.1. The molecule has 0 N–H and O–H groups in total. The molecule has 0 aliphatic heterocycles. The topological polar surface area (TPSA) is 78.9 Å². The second-order valence-electron chi connectivity index (χ2n) is 17.1. The normalized spacial score (nSPS) is 12.4. The van der Waals surface area contributed by atoms with Crippen LogP contribution in [0.1, 0.15) is 258 Å². The molecule has 0 heterocycles. The molecular formula is C54H96O6. The van der Waals surface area contributed by atoms with E-state index in [-0.39, 0.29) is 37.5 Å². The molecule has 0 saturated heterocycles. The molecule has 0 fully saturated rings. The minimum absolute atomic E-state index is 0.0862. The lowest BCUT2D eigenvalue weighted by atomic mass is 10.0. The molecule has 0 aliphatic carbocycles. The third kappa shape index (κ3) is 46.4. The second-order valence-corrected chi connectivity index (χ2v) is 17.1. The molecule has 6 heteroatoms. The molecule has 0 rings (SSSR count). The van der Waals surface area contributed by atoms with Gasteiger partial charge in [-0.3, -0.25) is 14.4 Å². The summed E-state index contributed by atoms with van der Waals surface area (Å²) in [6, 6.07) is 0. The van der Waals surface area contributed by atoms with Gasteiger partial charge in [0, 0.05) is 19.3 Å². The smallest absolute Gasteiger partial charge is 0.306 e.